The maximum absolute atomic E-state index is 12.2. The van der Waals surface area contributed by atoms with Crippen molar-refractivity contribution in [2.45, 2.75) is 4.90 Å². The molecule has 6 nitrogen and oxygen atoms in total. The summed E-state index contributed by atoms with van der Waals surface area (Å²) in [5, 5.41) is 4.50. The monoisotopic (exact) mass is 384 g/mol. The van der Waals surface area contributed by atoms with E-state index in [-0.39, 0.29) is 15.9 Å². The molecule has 2 aromatic carbocycles. The van der Waals surface area contributed by atoms with Gasteiger partial charge in [0.05, 0.1) is 4.90 Å². The first-order chi connectivity index (χ1) is 12.5. The number of amides is 1. The summed E-state index contributed by atoms with van der Waals surface area (Å²) in [6.45, 7) is 0. The second kappa shape index (κ2) is 7.94. The Balaban J connectivity index is 1.64. The summed E-state index contributed by atoms with van der Waals surface area (Å²) in [7, 11) is -3.83. The van der Waals surface area contributed by atoms with Crippen molar-refractivity contribution in [2.75, 3.05) is 5.32 Å². The molecule has 3 rings (SSSR count). The van der Waals surface area contributed by atoms with Crippen LogP contribution in [0.4, 0.5) is 10.8 Å². The van der Waals surface area contributed by atoms with Crippen LogP contribution in [0.15, 0.2) is 77.1 Å². The van der Waals surface area contributed by atoms with Crippen LogP contribution in [-0.2, 0) is 14.8 Å². The summed E-state index contributed by atoms with van der Waals surface area (Å²) in [4.78, 5) is 15.8. The van der Waals surface area contributed by atoms with Crippen LogP contribution in [0.2, 0.25) is 0 Å². The van der Waals surface area contributed by atoms with Crippen molar-refractivity contribution in [1.82, 2.24) is 4.98 Å². The predicted molar refractivity (Wildman–Crippen MR) is 103 cm³/mol. The molecule has 0 aliphatic carbocycles. The van der Waals surface area contributed by atoms with Crippen molar-refractivity contribution in [3.8, 4) is 0 Å². The lowest BCUT2D eigenvalue weighted by Gasteiger charge is -2.12. The van der Waals surface area contributed by atoms with Crippen LogP contribution in [0, 0.1) is 0 Å². The largest absolute Gasteiger partial charge is 0.433 e. The van der Waals surface area contributed by atoms with Gasteiger partial charge in [-0.25, -0.2) is 8.42 Å². The topological polar surface area (TPSA) is 90.2 Å². The molecule has 26 heavy (non-hydrogen) atoms. The number of anilines is 1. The summed E-state index contributed by atoms with van der Waals surface area (Å²) in [5.41, 5.74) is 1.40. The fourth-order valence-corrected chi connectivity index (χ4v) is 3.72. The van der Waals surface area contributed by atoms with Crippen LogP contribution < -0.4 is 5.32 Å². The highest BCUT2D eigenvalue weighted by Gasteiger charge is 2.10. The normalized spacial score (nSPS) is 11.4. The second-order valence-electron chi connectivity index (χ2n) is 5.14. The molecule has 0 spiro atoms. The molecule has 0 aliphatic heterocycles. The summed E-state index contributed by atoms with van der Waals surface area (Å²) in [6.07, 6.45) is 4.60. The Morgan fingerprint density at radius 3 is 2.46 bits per heavy atom. The van der Waals surface area contributed by atoms with Crippen molar-refractivity contribution < 1.29 is 13.2 Å². The van der Waals surface area contributed by atoms with Gasteiger partial charge in [0.15, 0.2) is 0 Å². The summed E-state index contributed by atoms with van der Waals surface area (Å²) < 4.78 is 28.0. The van der Waals surface area contributed by atoms with Gasteiger partial charge in [0.1, 0.15) is 0 Å². The number of nitrogens with one attached hydrogen (secondary N) is 1. The lowest BCUT2D eigenvalue weighted by molar-refractivity contribution is -0.111. The summed E-state index contributed by atoms with van der Waals surface area (Å²) in [6, 6.07) is 15.2. The highest BCUT2D eigenvalue weighted by atomic mass is 32.2. The molecule has 1 aromatic heterocycles. The van der Waals surface area contributed by atoms with Crippen LogP contribution >= 0.6 is 11.3 Å². The Labute approximate surface area is 155 Å². The van der Waals surface area contributed by atoms with Crippen LogP contribution in [0.1, 0.15) is 5.56 Å². The Morgan fingerprint density at radius 1 is 1.08 bits per heavy atom. The first-order valence-electron chi connectivity index (χ1n) is 7.55. The predicted octanol–water partition coefficient (Wildman–Crippen LogP) is 4.19. The van der Waals surface area contributed by atoms with E-state index in [0.717, 1.165) is 16.9 Å². The smallest absolute Gasteiger partial charge is 0.248 e. The number of aromatic nitrogens is 1. The molecule has 1 heterocycles. The Kier molecular flexibility index (Phi) is 5.45. The van der Waals surface area contributed by atoms with Gasteiger partial charge in [-0.15, -0.1) is 0 Å². The van der Waals surface area contributed by atoms with Crippen LogP contribution in [0.5, 0.6) is 0 Å². The molecule has 1 amide bonds. The fraction of sp³-hybridized carbons (Fsp3) is 0. The molecule has 0 bridgehead atoms. The van der Waals surface area contributed by atoms with E-state index in [0.29, 0.717) is 5.69 Å². The first kappa shape index (κ1) is 17.8. The lowest BCUT2D eigenvalue weighted by Crippen LogP contribution is -2.08. The first-order valence-corrected chi connectivity index (χ1v) is 9.87. The highest BCUT2D eigenvalue weighted by molar-refractivity contribution is 7.94. The molecule has 132 valence electrons. The highest BCUT2D eigenvalue weighted by Crippen LogP contribution is 2.29. The van der Waals surface area contributed by atoms with Gasteiger partial charge >= 0.3 is 0 Å². The third-order valence-electron chi connectivity index (χ3n) is 3.26. The fourth-order valence-electron chi connectivity index (χ4n) is 2.05. The molecule has 0 unspecified atom stereocenters. The number of hydrogen-bond acceptors (Lipinski definition) is 5. The lowest BCUT2D eigenvalue weighted by atomic mass is 10.2. The third kappa shape index (κ3) is 4.78. The van der Waals surface area contributed by atoms with E-state index in [2.05, 4.69) is 15.0 Å². The Hall–Kier alpha value is -2.97. The molecule has 0 fully saturated rings. The van der Waals surface area contributed by atoms with E-state index in [4.69, 9.17) is 0 Å². The number of carbonyl (C=O) groups excluding carboxylic acids is 1. The van der Waals surface area contributed by atoms with E-state index < -0.39 is 10.0 Å². The van der Waals surface area contributed by atoms with E-state index in [1.807, 2.05) is 30.3 Å². The van der Waals surface area contributed by atoms with E-state index in [9.17, 15) is 13.2 Å². The zero-order valence-electron chi connectivity index (χ0n) is 13.4. The van der Waals surface area contributed by atoms with Gasteiger partial charge in [0.25, 0.3) is 0 Å². The van der Waals surface area contributed by atoms with Crippen molar-refractivity contribution in [1.29, 1.82) is 0 Å². The van der Waals surface area contributed by atoms with E-state index in [1.165, 1.54) is 36.5 Å². The average Bonchev–Trinajstić information content (AvgIpc) is 3.14. The Morgan fingerprint density at radius 2 is 1.81 bits per heavy atom. The SMILES string of the molecule is O=C(C=Cc1ccccc1)Nc1ccc(S(=O)(=O)[N-]c2nccs2)cc1. The van der Waals surface area contributed by atoms with Crippen molar-refractivity contribution in [3.05, 3.63) is 82.5 Å². The van der Waals surface area contributed by atoms with Crippen LogP contribution in [0.25, 0.3) is 10.8 Å². The van der Waals surface area contributed by atoms with Gasteiger partial charge in [-0.2, -0.15) is 11.3 Å². The standard InChI is InChI=1S/C18H15N3O3S2/c22-17(11-6-14-4-2-1-3-5-14)20-15-7-9-16(10-8-15)26(23,24)21-18-19-12-13-25-18/h1-13H,(H2,19,20,21,22)/p-1. The molecular weight excluding hydrogens is 370 g/mol. The second-order valence-corrected chi connectivity index (χ2v) is 7.62. The summed E-state index contributed by atoms with van der Waals surface area (Å²) in [5.74, 6) is -0.308. The number of hydrogen-bond donors (Lipinski definition) is 1. The van der Waals surface area contributed by atoms with E-state index in [1.54, 1.807) is 11.5 Å². The molecule has 0 saturated carbocycles. The van der Waals surface area contributed by atoms with Crippen molar-refractivity contribution in [3.63, 3.8) is 0 Å². The number of sulfonamides is 1. The molecular formula is C18H14N3O3S2-. The van der Waals surface area contributed by atoms with Gasteiger partial charge < -0.3 is 15.0 Å². The van der Waals surface area contributed by atoms with Crippen molar-refractivity contribution in [2.24, 2.45) is 0 Å². The number of rotatable bonds is 6. The van der Waals surface area contributed by atoms with Crippen LogP contribution in [0.3, 0.4) is 0 Å². The molecule has 1 N–H and O–H groups in total. The van der Waals surface area contributed by atoms with E-state index >= 15 is 0 Å². The molecule has 0 saturated heterocycles. The third-order valence-corrected chi connectivity index (χ3v) is 5.33. The molecule has 0 radical (unpaired) electrons. The maximum Gasteiger partial charge on any atom is 0.248 e. The van der Waals surface area contributed by atoms with Gasteiger partial charge in [-0.05, 0) is 41.3 Å². The van der Waals surface area contributed by atoms with Gasteiger partial charge in [-0.1, -0.05) is 36.5 Å². The minimum Gasteiger partial charge on any atom is -0.433 e. The summed E-state index contributed by atoms with van der Waals surface area (Å²) >= 11 is 1.14. The van der Waals surface area contributed by atoms with Crippen LogP contribution in [-0.4, -0.2) is 19.3 Å². The zero-order chi connectivity index (χ0) is 18.4. The molecule has 0 aliphatic rings. The Bertz CT molecular complexity index is 998. The number of carbonyl (C=O) groups is 1. The average molecular weight is 384 g/mol. The van der Waals surface area contributed by atoms with Gasteiger partial charge in [0.2, 0.25) is 15.9 Å². The number of nitrogens with zero attached hydrogens (tertiary/aromatic N) is 2. The molecule has 3 aromatic rings. The minimum atomic E-state index is -3.83. The number of thiazole rings is 1. The molecule has 8 heteroatoms. The van der Waals surface area contributed by atoms with Gasteiger partial charge in [0, 0.05) is 16.9 Å². The zero-order valence-corrected chi connectivity index (χ0v) is 15.1. The minimum absolute atomic E-state index is 0.0329. The van der Waals surface area contributed by atoms with Crippen molar-refractivity contribution >= 4 is 44.2 Å². The van der Waals surface area contributed by atoms with Gasteiger partial charge in [-0.3, -0.25) is 4.79 Å². The number of benzene rings is 2. The maximum atomic E-state index is 12.2. The quantitative estimate of drug-likeness (QED) is 0.645. The molecule has 0 atom stereocenters.